The Labute approximate surface area is 128 Å². The zero-order valence-electron chi connectivity index (χ0n) is 13.1. The van der Waals surface area contributed by atoms with Gasteiger partial charge in [0.1, 0.15) is 0 Å². The average Bonchev–Trinajstić information content (AvgIpc) is 2.95. The Hall–Kier alpha value is -1.60. The SMILES string of the molecule is CC(C)(c1ccccc1)C(N)Cc1ccc2c(c1)CCC2. The van der Waals surface area contributed by atoms with Crippen molar-refractivity contribution in [2.24, 2.45) is 5.73 Å². The molecule has 0 radical (unpaired) electrons. The molecule has 0 bridgehead atoms. The number of hydrogen-bond acceptors (Lipinski definition) is 1. The maximum absolute atomic E-state index is 6.56. The molecule has 0 aromatic heterocycles. The van der Waals surface area contributed by atoms with Gasteiger partial charge in [0.25, 0.3) is 0 Å². The van der Waals surface area contributed by atoms with Crippen LogP contribution < -0.4 is 5.73 Å². The van der Waals surface area contributed by atoms with Gasteiger partial charge in [-0.2, -0.15) is 0 Å². The molecular formula is C20H25N. The molecule has 2 N–H and O–H groups in total. The van der Waals surface area contributed by atoms with Crippen LogP contribution in [0.5, 0.6) is 0 Å². The minimum Gasteiger partial charge on any atom is -0.327 e. The summed E-state index contributed by atoms with van der Waals surface area (Å²) in [5.41, 5.74) is 12.3. The molecule has 0 heterocycles. The van der Waals surface area contributed by atoms with Gasteiger partial charge < -0.3 is 5.73 Å². The second kappa shape index (κ2) is 5.65. The largest absolute Gasteiger partial charge is 0.327 e. The van der Waals surface area contributed by atoms with Gasteiger partial charge in [0.05, 0.1) is 0 Å². The van der Waals surface area contributed by atoms with E-state index in [1.165, 1.54) is 41.5 Å². The first-order valence-corrected chi connectivity index (χ1v) is 7.99. The van der Waals surface area contributed by atoms with Crippen LogP contribution in [0.25, 0.3) is 0 Å². The smallest absolute Gasteiger partial charge is 0.0172 e. The van der Waals surface area contributed by atoms with Crippen molar-refractivity contribution in [3.8, 4) is 0 Å². The Bertz CT molecular complexity index is 613. The Balaban J connectivity index is 1.78. The van der Waals surface area contributed by atoms with Crippen LogP contribution in [0.2, 0.25) is 0 Å². The van der Waals surface area contributed by atoms with Crippen molar-refractivity contribution >= 4 is 0 Å². The van der Waals surface area contributed by atoms with E-state index in [2.05, 4.69) is 62.4 Å². The lowest BCUT2D eigenvalue weighted by molar-refractivity contribution is 0.406. The summed E-state index contributed by atoms with van der Waals surface area (Å²) in [6.45, 7) is 4.50. The Morgan fingerprint density at radius 1 is 1.00 bits per heavy atom. The highest BCUT2D eigenvalue weighted by Crippen LogP contribution is 2.29. The molecule has 1 unspecified atom stereocenters. The van der Waals surface area contributed by atoms with Crippen molar-refractivity contribution in [1.82, 2.24) is 0 Å². The number of hydrogen-bond donors (Lipinski definition) is 1. The minimum atomic E-state index is -0.0136. The molecule has 2 aromatic carbocycles. The van der Waals surface area contributed by atoms with E-state index >= 15 is 0 Å². The van der Waals surface area contributed by atoms with Gasteiger partial charge in [0, 0.05) is 11.5 Å². The van der Waals surface area contributed by atoms with Gasteiger partial charge >= 0.3 is 0 Å². The molecule has 0 fully saturated rings. The van der Waals surface area contributed by atoms with E-state index < -0.39 is 0 Å². The molecule has 0 aliphatic heterocycles. The molecule has 0 saturated heterocycles. The Morgan fingerprint density at radius 3 is 2.48 bits per heavy atom. The lowest BCUT2D eigenvalue weighted by Gasteiger charge is -2.32. The maximum atomic E-state index is 6.56. The van der Waals surface area contributed by atoms with E-state index in [1.807, 2.05) is 0 Å². The van der Waals surface area contributed by atoms with Crippen LogP contribution >= 0.6 is 0 Å². The predicted molar refractivity (Wildman–Crippen MR) is 89.6 cm³/mol. The van der Waals surface area contributed by atoms with Crippen molar-refractivity contribution in [3.63, 3.8) is 0 Å². The molecule has 1 aliphatic rings. The van der Waals surface area contributed by atoms with E-state index in [-0.39, 0.29) is 11.5 Å². The highest BCUT2D eigenvalue weighted by molar-refractivity contribution is 5.36. The highest BCUT2D eigenvalue weighted by Gasteiger charge is 2.28. The van der Waals surface area contributed by atoms with Crippen molar-refractivity contribution in [3.05, 3.63) is 70.8 Å². The molecule has 0 amide bonds. The first-order chi connectivity index (χ1) is 10.1. The summed E-state index contributed by atoms with van der Waals surface area (Å²) in [4.78, 5) is 0. The number of aryl methyl sites for hydroxylation is 2. The van der Waals surface area contributed by atoms with Gasteiger partial charge in [0.15, 0.2) is 0 Å². The standard InChI is InChI=1S/C20H25N/c1-20(2,18-9-4-3-5-10-18)19(21)14-15-11-12-16-7-6-8-17(16)13-15/h3-5,9-13,19H,6-8,14,21H2,1-2H3. The monoisotopic (exact) mass is 279 g/mol. The van der Waals surface area contributed by atoms with Crippen LogP contribution in [-0.2, 0) is 24.7 Å². The normalized spacial score (nSPS) is 15.8. The molecule has 110 valence electrons. The fourth-order valence-corrected chi connectivity index (χ4v) is 3.34. The molecule has 21 heavy (non-hydrogen) atoms. The molecule has 1 atom stereocenters. The first kappa shape index (κ1) is 14.3. The highest BCUT2D eigenvalue weighted by atomic mass is 14.7. The van der Waals surface area contributed by atoms with E-state index in [1.54, 1.807) is 0 Å². The van der Waals surface area contributed by atoms with Gasteiger partial charge in [-0.1, -0.05) is 62.4 Å². The summed E-state index contributed by atoms with van der Waals surface area (Å²) in [6.07, 6.45) is 4.73. The van der Waals surface area contributed by atoms with E-state index in [4.69, 9.17) is 5.73 Å². The number of benzene rings is 2. The summed E-state index contributed by atoms with van der Waals surface area (Å²) in [7, 11) is 0. The van der Waals surface area contributed by atoms with Crippen LogP contribution in [-0.4, -0.2) is 6.04 Å². The lowest BCUT2D eigenvalue weighted by Crippen LogP contribution is -2.42. The van der Waals surface area contributed by atoms with Crippen LogP contribution in [0.4, 0.5) is 0 Å². The predicted octanol–water partition coefficient (Wildman–Crippen LogP) is 4.02. The number of fused-ring (bicyclic) bond motifs is 1. The lowest BCUT2D eigenvalue weighted by atomic mass is 9.76. The van der Waals surface area contributed by atoms with Gasteiger partial charge in [-0.15, -0.1) is 0 Å². The Kier molecular flexibility index (Phi) is 3.86. The van der Waals surface area contributed by atoms with Gasteiger partial charge in [-0.25, -0.2) is 0 Å². The topological polar surface area (TPSA) is 26.0 Å². The molecule has 0 saturated carbocycles. The fraction of sp³-hybridized carbons (Fsp3) is 0.400. The maximum Gasteiger partial charge on any atom is 0.0172 e. The third kappa shape index (κ3) is 2.89. The van der Waals surface area contributed by atoms with Crippen molar-refractivity contribution in [2.75, 3.05) is 0 Å². The third-order valence-electron chi connectivity index (χ3n) is 5.06. The van der Waals surface area contributed by atoms with E-state index in [0.717, 1.165) is 6.42 Å². The summed E-state index contributed by atoms with van der Waals surface area (Å²) in [5.74, 6) is 0. The molecular weight excluding hydrogens is 254 g/mol. The Morgan fingerprint density at radius 2 is 1.71 bits per heavy atom. The molecule has 0 spiro atoms. The van der Waals surface area contributed by atoms with Crippen LogP contribution in [0.15, 0.2) is 48.5 Å². The second-order valence-corrected chi connectivity index (χ2v) is 6.85. The quantitative estimate of drug-likeness (QED) is 0.898. The number of nitrogens with two attached hydrogens (primary N) is 1. The van der Waals surface area contributed by atoms with Crippen LogP contribution in [0, 0.1) is 0 Å². The summed E-state index contributed by atoms with van der Waals surface area (Å²) < 4.78 is 0. The summed E-state index contributed by atoms with van der Waals surface area (Å²) in [6, 6.07) is 17.7. The minimum absolute atomic E-state index is 0.0136. The van der Waals surface area contributed by atoms with Crippen molar-refractivity contribution in [1.29, 1.82) is 0 Å². The van der Waals surface area contributed by atoms with E-state index in [9.17, 15) is 0 Å². The third-order valence-corrected chi connectivity index (χ3v) is 5.06. The van der Waals surface area contributed by atoms with Crippen molar-refractivity contribution in [2.45, 2.75) is 51.0 Å². The summed E-state index contributed by atoms with van der Waals surface area (Å²) >= 11 is 0. The molecule has 1 aliphatic carbocycles. The van der Waals surface area contributed by atoms with Crippen LogP contribution in [0.1, 0.15) is 42.5 Å². The zero-order valence-corrected chi connectivity index (χ0v) is 13.1. The van der Waals surface area contributed by atoms with Gasteiger partial charge in [-0.05, 0) is 47.9 Å². The van der Waals surface area contributed by atoms with Gasteiger partial charge in [0.2, 0.25) is 0 Å². The van der Waals surface area contributed by atoms with Crippen molar-refractivity contribution < 1.29 is 0 Å². The molecule has 3 rings (SSSR count). The molecule has 2 aromatic rings. The fourth-order valence-electron chi connectivity index (χ4n) is 3.34. The van der Waals surface area contributed by atoms with Gasteiger partial charge in [-0.3, -0.25) is 0 Å². The van der Waals surface area contributed by atoms with E-state index in [0.29, 0.717) is 0 Å². The second-order valence-electron chi connectivity index (χ2n) is 6.85. The molecule has 1 heteroatoms. The van der Waals surface area contributed by atoms with Crippen LogP contribution in [0.3, 0.4) is 0 Å². The first-order valence-electron chi connectivity index (χ1n) is 7.99. The average molecular weight is 279 g/mol. The molecule has 1 nitrogen and oxygen atoms in total. The summed E-state index contributed by atoms with van der Waals surface area (Å²) in [5, 5.41) is 0. The number of rotatable bonds is 4. The zero-order chi connectivity index (χ0) is 14.9.